The minimum absolute atomic E-state index is 0.0499. The third kappa shape index (κ3) is 4.93. The third-order valence-corrected chi connectivity index (χ3v) is 5.02. The average Bonchev–Trinajstić information content (AvgIpc) is 2.68. The summed E-state index contributed by atoms with van der Waals surface area (Å²) < 4.78 is 0. The van der Waals surface area contributed by atoms with Gasteiger partial charge in [-0.1, -0.05) is 23.4 Å². The molecule has 0 aromatic heterocycles. The summed E-state index contributed by atoms with van der Waals surface area (Å²) >= 11 is 7.52. The Morgan fingerprint density at radius 1 is 0.821 bits per heavy atom. The van der Waals surface area contributed by atoms with Gasteiger partial charge < -0.3 is 0 Å². The van der Waals surface area contributed by atoms with Crippen LogP contribution in [-0.2, 0) is 0 Å². The fourth-order valence-corrected chi connectivity index (χ4v) is 3.24. The second-order valence-electron chi connectivity index (χ2n) is 5.57. The van der Waals surface area contributed by atoms with Crippen molar-refractivity contribution in [3.63, 3.8) is 0 Å². The molecule has 3 aromatic rings. The highest BCUT2D eigenvalue weighted by Crippen LogP contribution is 2.30. The van der Waals surface area contributed by atoms with E-state index in [0.717, 1.165) is 9.79 Å². The van der Waals surface area contributed by atoms with Gasteiger partial charge in [-0.15, -0.1) is 0 Å². The Labute approximate surface area is 169 Å². The summed E-state index contributed by atoms with van der Waals surface area (Å²) in [5.41, 5.74) is 1.12. The van der Waals surface area contributed by atoms with E-state index in [1.165, 1.54) is 48.3 Å². The van der Waals surface area contributed by atoms with E-state index in [1.54, 1.807) is 24.3 Å². The second-order valence-corrected chi connectivity index (χ2v) is 7.12. The first kappa shape index (κ1) is 19.5. The number of rotatable bonds is 6. The zero-order valence-corrected chi connectivity index (χ0v) is 15.8. The van der Waals surface area contributed by atoms with Crippen molar-refractivity contribution in [1.82, 2.24) is 0 Å². The van der Waals surface area contributed by atoms with Crippen molar-refractivity contribution in [1.29, 1.82) is 0 Å². The van der Waals surface area contributed by atoms with Crippen LogP contribution in [0.4, 0.5) is 17.1 Å². The quantitative estimate of drug-likeness (QED) is 0.278. The minimum atomic E-state index is -0.488. The molecule has 7 nitrogen and oxygen atoms in total. The summed E-state index contributed by atoms with van der Waals surface area (Å²) in [6, 6.07) is 17.8. The number of non-ortho nitro benzene ring substituents is 2. The summed E-state index contributed by atoms with van der Waals surface area (Å²) in [6.45, 7) is 0. The lowest BCUT2D eigenvalue weighted by Gasteiger charge is -2.02. The van der Waals surface area contributed by atoms with Crippen molar-refractivity contribution in [2.75, 3.05) is 0 Å². The SMILES string of the molecule is O=[N+]([O-])c1ccc(Sc2ccc(N=Cc3cc([N+](=O)[O-])ccc3Cl)cc2)cc1. The Hall–Kier alpha value is -3.23. The average molecular weight is 414 g/mol. The van der Waals surface area contributed by atoms with E-state index in [9.17, 15) is 20.2 Å². The fraction of sp³-hybridized carbons (Fsp3) is 0. The zero-order chi connectivity index (χ0) is 20.1. The molecule has 0 aliphatic heterocycles. The van der Waals surface area contributed by atoms with E-state index in [4.69, 9.17) is 11.6 Å². The Bertz CT molecular complexity index is 1050. The number of hydrogen-bond donors (Lipinski definition) is 0. The summed E-state index contributed by atoms with van der Waals surface area (Å²) in [5.74, 6) is 0. The van der Waals surface area contributed by atoms with Gasteiger partial charge in [0.2, 0.25) is 0 Å². The molecule has 0 atom stereocenters. The van der Waals surface area contributed by atoms with E-state index in [1.807, 2.05) is 12.1 Å². The molecular formula is C19H12ClN3O4S. The van der Waals surface area contributed by atoms with Gasteiger partial charge in [-0.3, -0.25) is 25.2 Å². The van der Waals surface area contributed by atoms with Crippen LogP contribution < -0.4 is 0 Å². The first-order valence-corrected chi connectivity index (χ1v) is 9.12. The summed E-state index contributed by atoms with van der Waals surface area (Å²) in [5, 5.41) is 21.9. The number of benzene rings is 3. The molecule has 28 heavy (non-hydrogen) atoms. The van der Waals surface area contributed by atoms with Crippen LogP contribution in [-0.4, -0.2) is 16.1 Å². The van der Waals surface area contributed by atoms with Crippen LogP contribution in [0.5, 0.6) is 0 Å². The van der Waals surface area contributed by atoms with E-state index in [2.05, 4.69) is 4.99 Å². The van der Waals surface area contributed by atoms with Crippen molar-refractivity contribution in [3.05, 3.63) is 97.5 Å². The maximum atomic E-state index is 10.9. The van der Waals surface area contributed by atoms with Crippen molar-refractivity contribution in [2.45, 2.75) is 9.79 Å². The fourth-order valence-electron chi connectivity index (χ4n) is 2.26. The molecule has 0 heterocycles. The summed E-state index contributed by atoms with van der Waals surface area (Å²) in [4.78, 5) is 26.8. The number of aliphatic imine (C=N–C) groups is 1. The van der Waals surface area contributed by atoms with Gasteiger partial charge in [-0.2, -0.15) is 0 Å². The van der Waals surface area contributed by atoms with E-state index >= 15 is 0 Å². The molecule has 0 amide bonds. The van der Waals surface area contributed by atoms with E-state index in [-0.39, 0.29) is 11.4 Å². The van der Waals surface area contributed by atoms with Gasteiger partial charge in [-0.25, -0.2) is 0 Å². The first-order chi connectivity index (χ1) is 13.4. The lowest BCUT2D eigenvalue weighted by Crippen LogP contribution is -1.90. The topological polar surface area (TPSA) is 98.6 Å². The zero-order valence-electron chi connectivity index (χ0n) is 14.2. The van der Waals surface area contributed by atoms with Gasteiger partial charge in [0, 0.05) is 50.9 Å². The number of halogens is 1. The molecule has 0 aliphatic rings. The molecule has 140 valence electrons. The van der Waals surface area contributed by atoms with Crippen molar-refractivity contribution >= 4 is 46.6 Å². The highest BCUT2D eigenvalue weighted by molar-refractivity contribution is 7.99. The lowest BCUT2D eigenvalue weighted by molar-refractivity contribution is -0.385. The monoisotopic (exact) mass is 413 g/mol. The highest BCUT2D eigenvalue weighted by Gasteiger charge is 2.08. The molecule has 0 fully saturated rings. The van der Waals surface area contributed by atoms with Gasteiger partial charge in [-0.05, 0) is 42.5 Å². The number of nitro benzene ring substituents is 2. The van der Waals surface area contributed by atoms with E-state index < -0.39 is 9.85 Å². The van der Waals surface area contributed by atoms with Gasteiger partial charge in [0.25, 0.3) is 11.4 Å². The molecule has 0 radical (unpaired) electrons. The Balaban J connectivity index is 1.71. The van der Waals surface area contributed by atoms with Crippen molar-refractivity contribution in [3.8, 4) is 0 Å². The molecule has 9 heteroatoms. The molecule has 0 N–H and O–H groups in total. The highest BCUT2D eigenvalue weighted by atomic mass is 35.5. The Morgan fingerprint density at radius 3 is 1.93 bits per heavy atom. The van der Waals surface area contributed by atoms with Crippen LogP contribution in [0.2, 0.25) is 5.02 Å². The maximum absolute atomic E-state index is 10.9. The molecule has 0 bridgehead atoms. The molecule has 0 unspecified atom stereocenters. The van der Waals surface area contributed by atoms with Crippen LogP contribution in [0.15, 0.2) is 81.5 Å². The molecule has 0 saturated heterocycles. The summed E-state index contributed by atoms with van der Waals surface area (Å²) in [6.07, 6.45) is 1.48. The molecule has 0 aliphatic carbocycles. The molecule has 0 saturated carbocycles. The predicted molar refractivity (Wildman–Crippen MR) is 109 cm³/mol. The normalized spacial score (nSPS) is 10.9. The number of hydrogen-bond acceptors (Lipinski definition) is 6. The Morgan fingerprint density at radius 2 is 1.36 bits per heavy atom. The molecule has 3 rings (SSSR count). The molecule has 0 spiro atoms. The van der Waals surface area contributed by atoms with Gasteiger partial charge in [0.1, 0.15) is 0 Å². The van der Waals surface area contributed by atoms with Gasteiger partial charge in [0.15, 0.2) is 0 Å². The predicted octanol–water partition coefficient (Wildman–Crippen LogP) is 6.06. The lowest BCUT2D eigenvalue weighted by atomic mass is 10.2. The van der Waals surface area contributed by atoms with Crippen LogP contribution in [0.3, 0.4) is 0 Å². The molecule has 3 aromatic carbocycles. The number of nitro groups is 2. The van der Waals surface area contributed by atoms with E-state index in [0.29, 0.717) is 16.3 Å². The van der Waals surface area contributed by atoms with Crippen LogP contribution in [0, 0.1) is 20.2 Å². The third-order valence-electron chi connectivity index (χ3n) is 3.66. The van der Waals surface area contributed by atoms with Crippen molar-refractivity contribution < 1.29 is 9.85 Å². The maximum Gasteiger partial charge on any atom is 0.270 e. The van der Waals surface area contributed by atoms with Crippen LogP contribution in [0.25, 0.3) is 0 Å². The van der Waals surface area contributed by atoms with Gasteiger partial charge in [0.05, 0.1) is 15.5 Å². The van der Waals surface area contributed by atoms with Crippen molar-refractivity contribution in [2.24, 2.45) is 4.99 Å². The second kappa shape index (κ2) is 8.64. The Kier molecular flexibility index (Phi) is 6.03. The largest absolute Gasteiger partial charge is 0.270 e. The standard InChI is InChI=1S/C19H12ClN3O4S/c20-19-10-5-16(23(26)27)11-13(19)12-21-14-1-6-17(7-2-14)28-18-8-3-15(4-9-18)22(24)25/h1-12H. The molecular weight excluding hydrogens is 402 g/mol. The smallest absolute Gasteiger partial charge is 0.258 e. The van der Waals surface area contributed by atoms with Gasteiger partial charge >= 0.3 is 0 Å². The minimum Gasteiger partial charge on any atom is -0.258 e. The van der Waals surface area contributed by atoms with Crippen LogP contribution in [0.1, 0.15) is 5.56 Å². The number of nitrogens with zero attached hydrogens (tertiary/aromatic N) is 3. The summed E-state index contributed by atoms with van der Waals surface area (Å²) in [7, 11) is 0. The first-order valence-electron chi connectivity index (χ1n) is 7.93. The van der Waals surface area contributed by atoms with Crippen LogP contribution >= 0.6 is 23.4 Å².